The molecule has 1 fully saturated rings. The lowest BCUT2D eigenvalue weighted by atomic mass is 10.2. The number of amides is 1. The van der Waals surface area contributed by atoms with Gasteiger partial charge in [0, 0.05) is 12.2 Å². The first-order valence-electron chi connectivity index (χ1n) is 5.17. The van der Waals surface area contributed by atoms with Gasteiger partial charge in [-0.15, -0.1) is 0 Å². The van der Waals surface area contributed by atoms with Crippen molar-refractivity contribution < 1.29 is 14.3 Å². The Labute approximate surface area is 104 Å². The molecule has 1 saturated heterocycles. The van der Waals surface area contributed by atoms with Crippen molar-refractivity contribution in [2.75, 3.05) is 25.1 Å². The maximum atomic E-state index is 11.6. The van der Waals surface area contributed by atoms with Crippen LogP contribution in [-0.2, 0) is 4.74 Å². The molecule has 0 aliphatic carbocycles. The van der Waals surface area contributed by atoms with Gasteiger partial charge < -0.3 is 15.2 Å². The van der Waals surface area contributed by atoms with Crippen molar-refractivity contribution in [1.82, 2.24) is 0 Å². The highest BCUT2D eigenvalue weighted by molar-refractivity contribution is 6.32. The first-order valence-corrected chi connectivity index (χ1v) is 5.55. The Balaban J connectivity index is 2.23. The van der Waals surface area contributed by atoms with Gasteiger partial charge in [-0.1, -0.05) is 11.6 Å². The summed E-state index contributed by atoms with van der Waals surface area (Å²) < 4.78 is 10.1. The highest BCUT2D eigenvalue weighted by atomic mass is 35.5. The SMILES string of the molecule is COc1ccc(N2CC(CN)OC2=O)cc1Cl. The number of hydrogen-bond donors (Lipinski definition) is 1. The maximum Gasteiger partial charge on any atom is 0.414 e. The van der Waals surface area contributed by atoms with Crippen LogP contribution < -0.4 is 15.4 Å². The number of nitrogens with zero attached hydrogens (tertiary/aromatic N) is 1. The number of rotatable bonds is 3. The van der Waals surface area contributed by atoms with Gasteiger partial charge in [-0.25, -0.2) is 4.79 Å². The van der Waals surface area contributed by atoms with Crippen LogP contribution in [0.1, 0.15) is 0 Å². The molecule has 1 aliphatic heterocycles. The molecular weight excluding hydrogens is 244 g/mol. The second kappa shape index (κ2) is 4.81. The number of halogens is 1. The van der Waals surface area contributed by atoms with E-state index in [9.17, 15) is 4.79 Å². The second-order valence-electron chi connectivity index (χ2n) is 3.67. The molecule has 1 atom stereocenters. The summed E-state index contributed by atoms with van der Waals surface area (Å²) in [6.07, 6.45) is -0.662. The molecule has 92 valence electrons. The molecule has 2 N–H and O–H groups in total. The zero-order valence-electron chi connectivity index (χ0n) is 9.35. The van der Waals surface area contributed by atoms with E-state index in [2.05, 4.69) is 0 Å². The van der Waals surface area contributed by atoms with Crippen molar-refractivity contribution in [2.45, 2.75) is 6.10 Å². The Kier molecular flexibility index (Phi) is 3.40. The maximum absolute atomic E-state index is 11.6. The lowest BCUT2D eigenvalue weighted by Gasteiger charge is -2.14. The first-order chi connectivity index (χ1) is 8.15. The fourth-order valence-electron chi connectivity index (χ4n) is 1.68. The smallest absolute Gasteiger partial charge is 0.414 e. The molecule has 1 heterocycles. The summed E-state index contributed by atoms with van der Waals surface area (Å²) >= 11 is 6.00. The minimum absolute atomic E-state index is 0.261. The summed E-state index contributed by atoms with van der Waals surface area (Å²) in [4.78, 5) is 13.1. The molecule has 1 amide bonds. The Morgan fingerprint density at radius 1 is 1.65 bits per heavy atom. The average molecular weight is 257 g/mol. The van der Waals surface area contributed by atoms with Crippen LogP contribution in [0.3, 0.4) is 0 Å². The van der Waals surface area contributed by atoms with Gasteiger partial charge in [0.25, 0.3) is 0 Å². The van der Waals surface area contributed by atoms with Crippen LogP contribution in [0.15, 0.2) is 18.2 Å². The summed E-state index contributed by atoms with van der Waals surface area (Å²) in [5.74, 6) is 0.568. The van der Waals surface area contributed by atoms with Crippen molar-refractivity contribution in [3.63, 3.8) is 0 Å². The summed E-state index contributed by atoms with van der Waals surface area (Å²) in [6.45, 7) is 0.754. The zero-order chi connectivity index (χ0) is 12.4. The van der Waals surface area contributed by atoms with E-state index in [-0.39, 0.29) is 6.10 Å². The summed E-state index contributed by atoms with van der Waals surface area (Å²) in [5, 5.41) is 0.453. The van der Waals surface area contributed by atoms with E-state index in [1.165, 1.54) is 12.0 Å². The molecule has 1 aliphatic rings. The standard InChI is InChI=1S/C11H13ClN2O3/c1-16-10-3-2-7(4-9(10)12)14-6-8(5-13)17-11(14)15/h2-4,8H,5-6,13H2,1H3. The van der Waals surface area contributed by atoms with E-state index in [4.69, 9.17) is 26.8 Å². The molecule has 6 heteroatoms. The lowest BCUT2D eigenvalue weighted by Crippen LogP contribution is -2.27. The van der Waals surface area contributed by atoms with E-state index >= 15 is 0 Å². The van der Waals surface area contributed by atoms with E-state index in [0.717, 1.165) is 0 Å². The van der Waals surface area contributed by atoms with Gasteiger partial charge >= 0.3 is 6.09 Å². The lowest BCUT2D eigenvalue weighted by molar-refractivity contribution is 0.145. The largest absolute Gasteiger partial charge is 0.495 e. The van der Waals surface area contributed by atoms with Crippen molar-refractivity contribution in [2.24, 2.45) is 5.73 Å². The molecule has 1 aromatic carbocycles. The predicted octanol–water partition coefficient (Wildman–Crippen LogP) is 1.63. The molecule has 17 heavy (non-hydrogen) atoms. The van der Waals surface area contributed by atoms with Crippen molar-refractivity contribution in [3.8, 4) is 5.75 Å². The number of benzene rings is 1. The second-order valence-corrected chi connectivity index (χ2v) is 4.08. The molecule has 0 saturated carbocycles. The van der Waals surface area contributed by atoms with Gasteiger partial charge in [0.15, 0.2) is 0 Å². The minimum atomic E-state index is -0.401. The molecule has 5 nitrogen and oxygen atoms in total. The molecule has 0 aromatic heterocycles. The van der Waals surface area contributed by atoms with E-state index in [1.807, 2.05) is 0 Å². The Bertz CT molecular complexity index is 439. The van der Waals surface area contributed by atoms with E-state index in [1.54, 1.807) is 18.2 Å². The van der Waals surface area contributed by atoms with Crippen LogP contribution in [0.4, 0.5) is 10.5 Å². The summed E-state index contributed by atoms with van der Waals surface area (Å²) in [6, 6.07) is 5.13. The topological polar surface area (TPSA) is 64.8 Å². The molecule has 1 unspecified atom stereocenters. The number of cyclic esters (lactones) is 1. The fraction of sp³-hybridized carbons (Fsp3) is 0.364. The summed E-state index contributed by atoms with van der Waals surface area (Å²) in [7, 11) is 1.54. The van der Waals surface area contributed by atoms with Crippen LogP contribution in [0, 0.1) is 0 Å². The van der Waals surface area contributed by atoms with Gasteiger partial charge in [-0.05, 0) is 18.2 Å². The van der Waals surface area contributed by atoms with Crippen LogP contribution in [-0.4, -0.2) is 32.4 Å². The molecule has 0 spiro atoms. The van der Waals surface area contributed by atoms with Gasteiger partial charge in [0.05, 0.1) is 18.7 Å². The third-order valence-corrected chi connectivity index (χ3v) is 2.88. The third-order valence-electron chi connectivity index (χ3n) is 2.58. The number of hydrogen-bond acceptors (Lipinski definition) is 4. The average Bonchev–Trinajstić information content (AvgIpc) is 2.70. The van der Waals surface area contributed by atoms with Crippen LogP contribution in [0.5, 0.6) is 5.75 Å². The molecule has 0 radical (unpaired) electrons. The third kappa shape index (κ3) is 2.30. The van der Waals surface area contributed by atoms with E-state index in [0.29, 0.717) is 29.5 Å². The number of nitrogens with two attached hydrogens (primary N) is 1. The predicted molar refractivity (Wildman–Crippen MR) is 64.7 cm³/mol. The van der Waals surface area contributed by atoms with Crippen molar-refractivity contribution in [3.05, 3.63) is 23.2 Å². The molecule has 1 aromatic rings. The van der Waals surface area contributed by atoms with Crippen LogP contribution >= 0.6 is 11.6 Å². The Morgan fingerprint density at radius 2 is 2.41 bits per heavy atom. The number of anilines is 1. The summed E-state index contributed by atoms with van der Waals surface area (Å²) in [5.41, 5.74) is 6.14. The normalized spacial score (nSPS) is 19.4. The quantitative estimate of drug-likeness (QED) is 0.893. The monoisotopic (exact) mass is 256 g/mol. The van der Waals surface area contributed by atoms with Crippen molar-refractivity contribution in [1.29, 1.82) is 0 Å². The number of ether oxygens (including phenoxy) is 2. The molecule has 0 bridgehead atoms. The first kappa shape index (κ1) is 12.0. The van der Waals surface area contributed by atoms with Gasteiger partial charge in [0.2, 0.25) is 0 Å². The van der Waals surface area contributed by atoms with E-state index < -0.39 is 6.09 Å². The highest BCUT2D eigenvalue weighted by Gasteiger charge is 2.31. The number of carbonyl (C=O) groups excluding carboxylic acids is 1. The number of carbonyl (C=O) groups is 1. The van der Waals surface area contributed by atoms with Crippen molar-refractivity contribution >= 4 is 23.4 Å². The van der Waals surface area contributed by atoms with Crippen LogP contribution in [0.25, 0.3) is 0 Å². The Hall–Kier alpha value is -1.46. The molecular formula is C11H13ClN2O3. The molecule has 2 rings (SSSR count). The van der Waals surface area contributed by atoms with Crippen LogP contribution in [0.2, 0.25) is 5.02 Å². The minimum Gasteiger partial charge on any atom is -0.495 e. The van der Waals surface area contributed by atoms with Gasteiger partial charge in [0.1, 0.15) is 11.9 Å². The Morgan fingerprint density at radius 3 is 2.94 bits per heavy atom. The van der Waals surface area contributed by atoms with Gasteiger partial charge in [-0.2, -0.15) is 0 Å². The zero-order valence-corrected chi connectivity index (χ0v) is 10.1. The highest BCUT2D eigenvalue weighted by Crippen LogP contribution is 2.30. The number of methoxy groups -OCH3 is 1. The fourth-order valence-corrected chi connectivity index (χ4v) is 1.93. The van der Waals surface area contributed by atoms with Gasteiger partial charge in [-0.3, -0.25) is 4.90 Å².